The van der Waals surface area contributed by atoms with E-state index in [1.807, 2.05) is 68.1 Å². The summed E-state index contributed by atoms with van der Waals surface area (Å²) in [6.45, 7) is 26.2. The standard InChI is InChI=1S/C30H35N3O3.2C29H33N3O3.C27H28N2O3.CH4/c1-5-6-16-31-26-9-7-8-23(18-26)24-12-15-29-27(19-24)28(17-20(2)33(29)21(3)34)32-25-13-10-22(11-14-25)30(35)36-4;2*1-5-15-30-25-8-6-7-22(17-25)23-11-14-28-26(18-23)27(16-19(2)32(28)20(3)33)31-24-12-9-21(10-13-24)29(34)35-4;1-17-5-7-20(8-6-17)22-11-14-26-24(16-22)25(15-18(2)29(26)19(3)30)28-23-12-9-21(10-13-23)27(31)32-4;/h7-15,18-20,28,31-32H,5-6,16-17H2,1-4H3;2*6-14,17-19,27,30-31H,5,15-16H2,1-4H3;5-14,16,18,25,28H,15H2,1-4H3;1H4/t20-,28+;2*19-,27+;18-,25+;/m0000./s1. The van der Waals surface area contributed by atoms with Gasteiger partial charge in [-0.15, -0.1) is 0 Å². The Morgan fingerprint density at radius 2 is 0.511 bits per heavy atom. The predicted octanol–water partition coefficient (Wildman–Crippen LogP) is 25.6. The molecule has 0 saturated carbocycles. The predicted molar refractivity (Wildman–Crippen MR) is 565 cm³/mol. The Morgan fingerprint density at radius 3 is 0.741 bits per heavy atom. The quantitative estimate of drug-likeness (QED) is 0.0151. The summed E-state index contributed by atoms with van der Waals surface area (Å²) in [5, 5.41) is 24.9. The van der Waals surface area contributed by atoms with Gasteiger partial charge in [-0.25, -0.2) is 19.2 Å². The number of benzene rings is 12. The number of methoxy groups -OCH3 is 4. The molecule has 12 aromatic carbocycles. The maximum Gasteiger partial charge on any atom is 0.337 e. The van der Waals surface area contributed by atoms with Crippen molar-refractivity contribution in [2.24, 2.45) is 0 Å². The zero-order valence-corrected chi connectivity index (χ0v) is 82.0. The molecule has 0 fully saturated rings. The number of esters is 4. The van der Waals surface area contributed by atoms with E-state index in [-0.39, 0.29) is 103 Å². The Balaban J connectivity index is 0.000000166. The zero-order chi connectivity index (χ0) is 98.4. The summed E-state index contributed by atoms with van der Waals surface area (Å²) < 4.78 is 19.2. The number of amides is 4. The number of anilines is 11. The molecule has 7 N–H and O–H groups in total. The molecule has 0 aromatic heterocycles. The number of carbonyl (C=O) groups is 8. The molecule has 8 atom stereocenters. The van der Waals surface area contributed by atoms with Crippen LogP contribution in [0.15, 0.2) is 267 Å². The van der Waals surface area contributed by atoms with Crippen molar-refractivity contribution >= 4 is 110 Å². The first kappa shape index (κ1) is 103. The van der Waals surface area contributed by atoms with Crippen LogP contribution in [0.2, 0.25) is 0 Å². The molecular formula is C116H133N11O12. The smallest absolute Gasteiger partial charge is 0.337 e. The monoisotopic (exact) mass is 1870 g/mol. The third-order valence-electron chi connectivity index (χ3n) is 25.7. The second-order valence-electron chi connectivity index (χ2n) is 35.8. The Hall–Kier alpha value is -15.0. The number of nitrogens with one attached hydrogen (secondary N) is 7. The van der Waals surface area contributed by atoms with Crippen LogP contribution in [-0.4, -0.2) is 120 Å². The third-order valence-corrected chi connectivity index (χ3v) is 25.7. The van der Waals surface area contributed by atoms with Crippen LogP contribution in [-0.2, 0) is 38.1 Å². The molecule has 0 spiro atoms. The van der Waals surface area contributed by atoms with E-state index in [2.05, 4.69) is 262 Å². The van der Waals surface area contributed by atoms with E-state index in [0.717, 1.165) is 200 Å². The number of hydrogen-bond donors (Lipinski definition) is 7. The summed E-state index contributed by atoms with van der Waals surface area (Å²) >= 11 is 0. The van der Waals surface area contributed by atoms with E-state index < -0.39 is 0 Å². The highest BCUT2D eigenvalue weighted by atomic mass is 16.5. The first-order valence-electron chi connectivity index (χ1n) is 47.7. The first-order valence-corrected chi connectivity index (χ1v) is 47.7. The van der Waals surface area contributed by atoms with Gasteiger partial charge in [0.25, 0.3) is 0 Å². The second-order valence-corrected chi connectivity index (χ2v) is 35.8. The molecule has 0 bridgehead atoms. The summed E-state index contributed by atoms with van der Waals surface area (Å²) in [5.74, 6) is -1.26. The van der Waals surface area contributed by atoms with Crippen LogP contribution in [0.1, 0.15) is 228 Å². The van der Waals surface area contributed by atoms with Crippen LogP contribution in [0.5, 0.6) is 0 Å². The van der Waals surface area contributed by atoms with Crippen LogP contribution < -0.4 is 56.8 Å². The summed E-state index contributed by atoms with van der Waals surface area (Å²) in [5.41, 5.74) is 27.3. The molecule has 724 valence electrons. The molecule has 23 heteroatoms. The largest absolute Gasteiger partial charge is 0.465 e. The van der Waals surface area contributed by atoms with Crippen molar-refractivity contribution in [2.75, 3.05) is 105 Å². The normalized spacial score (nSPS) is 16.8. The minimum Gasteiger partial charge on any atom is -0.465 e. The zero-order valence-electron chi connectivity index (χ0n) is 82.0. The van der Waals surface area contributed by atoms with Crippen molar-refractivity contribution in [1.82, 2.24) is 0 Å². The molecule has 0 saturated heterocycles. The fourth-order valence-electron chi connectivity index (χ4n) is 18.8. The lowest BCUT2D eigenvalue weighted by molar-refractivity contribution is -0.118. The molecule has 12 aromatic rings. The van der Waals surface area contributed by atoms with Crippen LogP contribution >= 0.6 is 0 Å². The second kappa shape index (κ2) is 48.1. The Labute approximate surface area is 819 Å². The number of ether oxygens (including phenoxy) is 4. The molecular weight excluding hydrogens is 1740 g/mol. The van der Waals surface area contributed by atoms with Crippen LogP contribution in [0.3, 0.4) is 0 Å². The summed E-state index contributed by atoms with van der Waals surface area (Å²) in [7, 11) is 5.51. The van der Waals surface area contributed by atoms with E-state index in [1.54, 1.807) is 76.2 Å². The van der Waals surface area contributed by atoms with Crippen LogP contribution in [0, 0.1) is 6.92 Å². The molecule has 16 rings (SSSR count). The van der Waals surface area contributed by atoms with Gasteiger partial charge in [-0.05, 0) is 328 Å². The number of hydrogen-bond acceptors (Lipinski definition) is 19. The van der Waals surface area contributed by atoms with E-state index in [1.165, 1.54) is 34.0 Å². The van der Waals surface area contributed by atoms with Crippen molar-refractivity contribution < 1.29 is 57.3 Å². The topological polar surface area (TPSA) is 271 Å². The van der Waals surface area contributed by atoms with Gasteiger partial charge in [0.15, 0.2) is 0 Å². The number of rotatable bonds is 26. The number of carbonyl (C=O) groups excluding carboxylic acids is 8. The van der Waals surface area contributed by atoms with E-state index in [0.29, 0.717) is 22.3 Å². The summed E-state index contributed by atoms with van der Waals surface area (Å²) in [4.78, 5) is 105. The molecule has 23 nitrogen and oxygen atoms in total. The molecule has 4 amide bonds. The lowest BCUT2D eigenvalue weighted by atomic mass is 9.88. The van der Waals surface area contributed by atoms with Gasteiger partial charge in [0, 0.05) is 134 Å². The minimum atomic E-state index is -0.356. The van der Waals surface area contributed by atoms with E-state index >= 15 is 0 Å². The molecule has 139 heavy (non-hydrogen) atoms. The lowest BCUT2D eigenvalue weighted by Gasteiger charge is -2.39. The first-order chi connectivity index (χ1) is 66.6. The SMILES string of the molecule is C.CCCCNc1cccc(-c2ccc3c(c2)[C@H](Nc2ccc(C(=O)OC)cc2)C[C@H](C)N3C(C)=O)c1.CCCNc1cccc(-c2ccc3c(c2)[C@H](Nc2ccc(C(=O)OC)cc2)C[C@H](C)N3C(C)=O)c1.CCCNc1cccc(-c2ccc3c(c2)[C@H](Nc2ccc(C(=O)OC)cc2)C[C@H](C)N3C(C)=O)c1.COC(=O)c1ccc(N[C@@H]2C[C@H](C)N(C(C)=O)c3ccc(-c4ccc(C)cc4)cc32)cc1. The third kappa shape index (κ3) is 25.5. The van der Waals surface area contributed by atoms with Crippen molar-refractivity contribution in [2.45, 2.75) is 190 Å². The Bertz CT molecular complexity index is 6100. The Morgan fingerprint density at radius 1 is 0.281 bits per heavy atom. The molecule has 0 aliphatic carbocycles. The molecule has 4 aliphatic heterocycles. The highest BCUT2D eigenvalue weighted by molar-refractivity contribution is 5.99. The van der Waals surface area contributed by atoms with Crippen molar-refractivity contribution in [3.8, 4) is 44.5 Å². The molecule has 4 aliphatic rings. The molecule has 4 heterocycles. The van der Waals surface area contributed by atoms with Gasteiger partial charge in [0.05, 0.1) is 74.9 Å². The highest BCUT2D eigenvalue weighted by Gasteiger charge is 2.38. The number of fused-ring (bicyclic) bond motifs is 4. The van der Waals surface area contributed by atoms with Gasteiger partial charge >= 0.3 is 23.9 Å². The van der Waals surface area contributed by atoms with Gasteiger partial charge < -0.3 is 75.8 Å². The van der Waals surface area contributed by atoms with Crippen molar-refractivity contribution in [3.63, 3.8) is 0 Å². The van der Waals surface area contributed by atoms with Crippen LogP contribution in [0.25, 0.3) is 44.5 Å². The van der Waals surface area contributed by atoms with Gasteiger partial charge in [0.2, 0.25) is 23.6 Å². The fraction of sp³-hybridized carbons (Fsp3) is 0.310. The average Bonchev–Trinajstić information content (AvgIpc) is 0.777. The van der Waals surface area contributed by atoms with Crippen molar-refractivity contribution in [1.29, 1.82) is 0 Å². The van der Waals surface area contributed by atoms with E-state index in [9.17, 15) is 38.4 Å². The van der Waals surface area contributed by atoms with Crippen LogP contribution in [0.4, 0.5) is 62.6 Å². The number of unbranched alkanes of at least 4 members (excludes halogenated alkanes) is 1. The lowest BCUT2D eigenvalue weighted by Crippen LogP contribution is -2.43. The average molecular weight is 1870 g/mol. The molecule has 0 radical (unpaired) electrons. The van der Waals surface area contributed by atoms with E-state index in [4.69, 9.17) is 18.9 Å². The number of nitrogens with zero attached hydrogens (tertiary/aromatic N) is 4. The molecule has 0 unspecified atom stereocenters. The Kier molecular flexibility index (Phi) is 35.7. The maximum atomic E-state index is 12.5. The van der Waals surface area contributed by atoms with Gasteiger partial charge in [-0.1, -0.05) is 125 Å². The van der Waals surface area contributed by atoms with Gasteiger partial charge in [-0.2, -0.15) is 0 Å². The minimum absolute atomic E-state index is 0. The van der Waals surface area contributed by atoms with Gasteiger partial charge in [0.1, 0.15) is 0 Å². The maximum absolute atomic E-state index is 12.5. The highest BCUT2D eigenvalue weighted by Crippen LogP contribution is 2.47. The summed E-state index contributed by atoms with van der Waals surface area (Å²) in [6, 6.07) is 88.6. The number of aryl methyl sites for hydroxylation is 1. The summed E-state index contributed by atoms with van der Waals surface area (Å²) in [6.07, 6.45) is 7.51. The van der Waals surface area contributed by atoms with Crippen molar-refractivity contribution in [3.05, 3.63) is 317 Å². The fourth-order valence-corrected chi connectivity index (χ4v) is 18.8. The van der Waals surface area contributed by atoms with Gasteiger partial charge in [-0.3, -0.25) is 19.2 Å².